The molecule has 5 nitrogen and oxygen atoms in total. The van der Waals surface area contributed by atoms with E-state index in [-0.39, 0.29) is 16.9 Å². The lowest BCUT2D eigenvalue weighted by Gasteiger charge is -2.07. The number of nitrogens with zero attached hydrogens (tertiary/aromatic N) is 4. The zero-order chi connectivity index (χ0) is 23.2. The first kappa shape index (κ1) is 21.4. The number of alkyl halides is 3. The van der Waals surface area contributed by atoms with Crippen LogP contribution in [0.4, 0.5) is 13.2 Å². The number of allylic oxidation sites excluding steroid dienone is 1. The lowest BCUT2D eigenvalue weighted by atomic mass is 10.1. The number of aryl methyl sites for hydroxylation is 2. The van der Waals surface area contributed by atoms with Crippen LogP contribution < -0.4 is 0 Å². The van der Waals surface area contributed by atoms with Gasteiger partial charge in [-0.15, -0.1) is 11.3 Å². The summed E-state index contributed by atoms with van der Waals surface area (Å²) in [5, 5.41) is 20.0. The maximum absolute atomic E-state index is 13.0. The molecule has 1 aromatic carbocycles. The van der Waals surface area contributed by atoms with Gasteiger partial charge in [-0.1, -0.05) is 0 Å². The van der Waals surface area contributed by atoms with Gasteiger partial charge < -0.3 is 9.55 Å². The minimum absolute atomic E-state index is 0.191. The molecule has 0 bridgehead atoms. The number of aromatic nitrogens is 3. The van der Waals surface area contributed by atoms with Crippen LogP contribution in [0.15, 0.2) is 30.3 Å². The van der Waals surface area contributed by atoms with E-state index in [2.05, 4.69) is 22.1 Å². The Kier molecular flexibility index (Phi) is 5.15. The van der Waals surface area contributed by atoms with Crippen molar-refractivity contribution in [3.05, 3.63) is 69.1 Å². The van der Waals surface area contributed by atoms with Crippen molar-refractivity contribution in [1.82, 2.24) is 14.5 Å². The molecule has 0 aliphatic heterocycles. The molecule has 0 spiro atoms. The number of H-pyrrole nitrogens is 1. The molecule has 1 N–H and O–H groups in total. The topological polar surface area (TPSA) is 81.2 Å². The first-order valence-corrected chi connectivity index (χ1v) is 10.3. The van der Waals surface area contributed by atoms with Crippen molar-refractivity contribution in [1.29, 1.82) is 10.5 Å². The summed E-state index contributed by atoms with van der Waals surface area (Å²) in [7, 11) is 0. The Bertz CT molecular complexity index is 1470. The second-order valence-electron chi connectivity index (χ2n) is 7.33. The highest BCUT2D eigenvalue weighted by atomic mass is 32.1. The first-order valence-electron chi connectivity index (χ1n) is 9.51. The molecular formula is C23H16F3N5S. The summed E-state index contributed by atoms with van der Waals surface area (Å²) in [6.45, 7) is 5.73. The Morgan fingerprint density at radius 2 is 1.91 bits per heavy atom. The third kappa shape index (κ3) is 3.68. The number of benzene rings is 1. The van der Waals surface area contributed by atoms with Crippen molar-refractivity contribution in [3.8, 4) is 17.1 Å². The first-order chi connectivity index (χ1) is 15.1. The molecule has 0 aliphatic rings. The van der Waals surface area contributed by atoms with E-state index in [1.165, 1.54) is 17.4 Å². The van der Waals surface area contributed by atoms with Gasteiger partial charge in [-0.05, 0) is 62.7 Å². The number of aromatic amines is 1. The summed E-state index contributed by atoms with van der Waals surface area (Å²) in [6.07, 6.45) is -2.82. The van der Waals surface area contributed by atoms with Crippen LogP contribution in [0.3, 0.4) is 0 Å². The Hall–Kier alpha value is -3.82. The molecule has 0 radical (unpaired) electrons. The fourth-order valence-electron chi connectivity index (χ4n) is 3.62. The van der Waals surface area contributed by atoms with Crippen LogP contribution in [-0.2, 0) is 6.18 Å². The van der Waals surface area contributed by atoms with Gasteiger partial charge in [0.05, 0.1) is 27.7 Å². The lowest BCUT2D eigenvalue weighted by Crippen LogP contribution is -2.04. The molecule has 32 heavy (non-hydrogen) atoms. The summed E-state index contributed by atoms with van der Waals surface area (Å²) in [4.78, 5) is 8.13. The molecule has 0 amide bonds. The van der Waals surface area contributed by atoms with Gasteiger partial charge in [0.1, 0.15) is 23.0 Å². The van der Waals surface area contributed by atoms with E-state index < -0.39 is 11.7 Å². The summed E-state index contributed by atoms with van der Waals surface area (Å²) in [5.74, 6) is 0.191. The Morgan fingerprint density at radius 1 is 1.16 bits per heavy atom. The Balaban J connectivity index is 1.80. The van der Waals surface area contributed by atoms with Crippen LogP contribution in [0.5, 0.6) is 0 Å². The quantitative estimate of drug-likeness (QED) is 0.371. The molecule has 3 heterocycles. The average molecular weight is 451 g/mol. The summed E-state index contributed by atoms with van der Waals surface area (Å²) < 4.78 is 40.9. The number of thiophene rings is 1. The molecule has 0 unspecified atom stereocenters. The maximum Gasteiger partial charge on any atom is 0.416 e. The van der Waals surface area contributed by atoms with Crippen LogP contribution >= 0.6 is 11.3 Å². The molecule has 0 fully saturated rings. The van der Waals surface area contributed by atoms with Crippen molar-refractivity contribution in [3.63, 3.8) is 0 Å². The zero-order valence-corrected chi connectivity index (χ0v) is 18.1. The van der Waals surface area contributed by atoms with Crippen molar-refractivity contribution >= 4 is 34.0 Å². The largest absolute Gasteiger partial charge is 0.416 e. The summed E-state index contributed by atoms with van der Waals surface area (Å²) >= 11 is 1.51. The Labute approximate surface area is 185 Å². The molecule has 3 aromatic heterocycles. The standard InChI is InChI=1S/C23H16F3N5S/c1-12-6-15(14(3)31(12)22-17(11-28)7-13(2)32-22)8-16(10-27)21-29-19-5-4-18(23(24,25)26)9-20(19)30-21/h4-9H,1-3H3,(H,29,30). The van der Waals surface area contributed by atoms with Gasteiger partial charge in [-0.3, -0.25) is 0 Å². The number of fused-ring (bicyclic) bond motifs is 1. The smallest absolute Gasteiger partial charge is 0.337 e. The highest BCUT2D eigenvalue weighted by molar-refractivity contribution is 7.14. The van der Waals surface area contributed by atoms with Crippen LogP contribution in [0.1, 0.15) is 38.8 Å². The van der Waals surface area contributed by atoms with E-state index >= 15 is 0 Å². The van der Waals surface area contributed by atoms with Crippen molar-refractivity contribution < 1.29 is 13.2 Å². The van der Waals surface area contributed by atoms with E-state index in [4.69, 9.17) is 0 Å². The lowest BCUT2D eigenvalue weighted by molar-refractivity contribution is -0.137. The van der Waals surface area contributed by atoms with Crippen LogP contribution in [0.25, 0.3) is 27.7 Å². The second-order valence-corrected chi connectivity index (χ2v) is 8.57. The van der Waals surface area contributed by atoms with E-state index in [1.54, 1.807) is 6.08 Å². The third-order valence-corrected chi connectivity index (χ3v) is 6.15. The number of imidazole rings is 1. The minimum atomic E-state index is -4.46. The van der Waals surface area contributed by atoms with Crippen LogP contribution in [0, 0.1) is 43.4 Å². The fraction of sp³-hybridized carbons (Fsp3) is 0.174. The van der Waals surface area contributed by atoms with Crippen LogP contribution in [-0.4, -0.2) is 14.5 Å². The van der Waals surface area contributed by atoms with Crippen molar-refractivity contribution in [2.75, 3.05) is 0 Å². The predicted octanol–water partition coefficient (Wildman–Crippen LogP) is 6.30. The van der Waals surface area contributed by atoms with Gasteiger partial charge in [-0.25, -0.2) is 4.98 Å². The monoisotopic (exact) mass is 451 g/mol. The Morgan fingerprint density at radius 3 is 2.56 bits per heavy atom. The normalized spacial score (nSPS) is 12.2. The van der Waals surface area contributed by atoms with Gasteiger partial charge in [0, 0.05) is 16.3 Å². The van der Waals surface area contributed by atoms with Crippen molar-refractivity contribution in [2.24, 2.45) is 0 Å². The van der Waals surface area contributed by atoms with Gasteiger partial charge in [0.15, 0.2) is 0 Å². The third-order valence-electron chi connectivity index (χ3n) is 5.11. The highest BCUT2D eigenvalue weighted by Crippen LogP contribution is 2.33. The maximum atomic E-state index is 13.0. The van der Waals surface area contributed by atoms with E-state index in [0.29, 0.717) is 11.1 Å². The molecule has 4 rings (SSSR count). The molecule has 0 atom stereocenters. The summed E-state index contributed by atoms with van der Waals surface area (Å²) in [6, 6.07) is 11.2. The van der Waals surface area contributed by atoms with Crippen LogP contribution in [0.2, 0.25) is 0 Å². The van der Waals surface area contributed by atoms with E-state index in [9.17, 15) is 23.7 Å². The van der Waals surface area contributed by atoms with Gasteiger partial charge in [0.25, 0.3) is 0 Å². The molecule has 160 valence electrons. The number of hydrogen-bond donors (Lipinski definition) is 1. The van der Waals surface area contributed by atoms with E-state index in [1.807, 2.05) is 37.5 Å². The summed E-state index contributed by atoms with van der Waals surface area (Å²) in [5.41, 5.74) is 3.01. The zero-order valence-electron chi connectivity index (χ0n) is 17.3. The predicted molar refractivity (Wildman–Crippen MR) is 117 cm³/mol. The molecule has 9 heteroatoms. The minimum Gasteiger partial charge on any atom is -0.337 e. The van der Waals surface area contributed by atoms with Crippen molar-refractivity contribution in [2.45, 2.75) is 26.9 Å². The SMILES string of the molecule is Cc1cc(C#N)c(-n2c(C)cc(C=C(C#N)c3nc4ccc(C(F)(F)F)cc4[nH]3)c2C)s1. The molecule has 4 aromatic rings. The molecular weight excluding hydrogens is 435 g/mol. The van der Waals surface area contributed by atoms with E-state index in [0.717, 1.165) is 39.0 Å². The number of nitriles is 2. The van der Waals surface area contributed by atoms with Gasteiger partial charge in [-0.2, -0.15) is 23.7 Å². The number of halogens is 3. The number of hydrogen-bond acceptors (Lipinski definition) is 4. The van der Waals surface area contributed by atoms with Gasteiger partial charge in [0.2, 0.25) is 0 Å². The molecule has 0 aliphatic carbocycles. The number of rotatable bonds is 3. The fourth-order valence-corrected chi connectivity index (χ4v) is 4.69. The average Bonchev–Trinajstić information content (AvgIpc) is 3.39. The number of nitrogens with one attached hydrogen (secondary N) is 1. The molecule has 0 saturated heterocycles. The highest BCUT2D eigenvalue weighted by Gasteiger charge is 2.30. The van der Waals surface area contributed by atoms with Gasteiger partial charge >= 0.3 is 6.18 Å². The molecule has 0 saturated carbocycles. The second kappa shape index (κ2) is 7.70.